The SMILES string of the molecule is CC/C=C\C/C=C\C/C=C\CCCCCCCCOCC(COC1OC(COC2OC(CO)C(O)C(O)C2O)C(O)C(O)C1O)OC(=O)CCCCCCC/C=C\CCCCCCCCC. The van der Waals surface area contributed by atoms with Crippen LogP contribution < -0.4 is 0 Å². The second-order valence-electron chi connectivity index (χ2n) is 18.0. The highest BCUT2D eigenvalue weighted by molar-refractivity contribution is 5.69. The zero-order valence-electron chi connectivity index (χ0n) is 40.7. The summed E-state index contributed by atoms with van der Waals surface area (Å²) in [6.07, 6.45) is 28.8. The van der Waals surface area contributed by atoms with Gasteiger partial charge in [0, 0.05) is 13.0 Å². The van der Waals surface area contributed by atoms with Crippen LogP contribution in [0.4, 0.5) is 0 Å². The van der Waals surface area contributed by atoms with Crippen LogP contribution in [0.5, 0.6) is 0 Å². The first-order valence-corrected chi connectivity index (χ1v) is 25.7. The molecule has 2 fully saturated rings. The van der Waals surface area contributed by atoms with Crippen molar-refractivity contribution in [2.24, 2.45) is 0 Å². The molecule has 66 heavy (non-hydrogen) atoms. The average Bonchev–Trinajstić information content (AvgIpc) is 3.31. The number of aliphatic hydroxyl groups excluding tert-OH is 7. The lowest BCUT2D eigenvalue weighted by Crippen LogP contribution is -2.61. The number of ether oxygens (including phenoxy) is 6. The fraction of sp³-hybridized carbons (Fsp3) is 0.827. The third-order valence-corrected chi connectivity index (χ3v) is 12.1. The molecule has 0 amide bonds. The van der Waals surface area contributed by atoms with E-state index >= 15 is 0 Å². The van der Waals surface area contributed by atoms with E-state index in [1.807, 2.05) is 0 Å². The van der Waals surface area contributed by atoms with E-state index in [4.69, 9.17) is 28.4 Å². The number of hydrogen-bond acceptors (Lipinski definition) is 14. The first-order valence-electron chi connectivity index (χ1n) is 25.7. The molecule has 2 saturated heterocycles. The molecule has 14 nitrogen and oxygen atoms in total. The average molecular weight is 941 g/mol. The molecule has 11 atom stereocenters. The van der Waals surface area contributed by atoms with Gasteiger partial charge in [-0.05, 0) is 70.6 Å². The van der Waals surface area contributed by atoms with Crippen molar-refractivity contribution in [2.45, 2.75) is 242 Å². The molecule has 0 radical (unpaired) electrons. The van der Waals surface area contributed by atoms with Crippen LogP contribution in [0.1, 0.15) is 174 Å². The van der Waals surface area contributed by atoms with Gasteiger partial charge in [0.25, 0.3) is 0 Å². The number of hydrogen-bond donors (Lipinski definition) is 7. The molecule has 2 heterocycles. The van der Waals surface area contributed by atoms with E-state index in [0.717, 1.165) is 89.9 Å². The Bertz CT molecular complexity index is 1280. The highest BCUT2D eigenvalue weighted by Crippen LogP contribution is 2.26. The van der Waals surface area contributed by atoms with Crippen molar-refractivity contribution in [3.63, 3.8) is 0 Å². The Morgan fingerprint density at radius 2 is 0.985 bits per heavy atom. The maximum Gasteiger partial charge on any atom is 0.306 e. The summed E-state index contributed by atoms with van der Waals surface area (Å²) in [6, 6.07) is 0. The van der Waals surface area contributed by atoms with Crippen molar-refractivity contribution in [3.8, 4) is 0 Å². The van der Waals surface area contributed by atoms with Crippen molar-refractivity contribution < 1.29 is 69.0 Å². The maximum absolute atomic E-state index is 13.0. The molecule has 2 aliphatic rings. The van der Waals surface area contributed by atoms with E-state index in [9.17, 15) is 40.5 Å². The number of aliphatic hydroxyl groups is 7. The topological polar surface area (TPSA) is 214 Å². The number of esters is 1. The summed E-state index contributed by atoms with van der Waals surface area (Å²) in [4.78, 5) is 13.0. The molecule has 0 aromatic carbocycles. The molecule has 0 spiro atoms. The predicted molar refractivity (Wildman–Crippen MR) is 256 cm³/mol. The van der Waals surface area contributed by atoms with Crippen LogP contribution in [0.25, 0.3) is 0 Å². The van der Waals surface area contributed by atoms with Gasteiger partial charge in [-0.25, -0.2) is 0 Å². The number of carbonyl (C=O) groups is 1. The quantitative estimate of drug-likeness (QED) is 0.0179. The maximum atomic E-state index is 13.0. The number of rotatable bonds is 40. The Balaban J connectivity index is 1.78. The molecule has 0 saturated carbocycles. The predicted octanol–water partition coefficient (Wildman–Crippen LogP) is 7.57. The molecule has 384 valence electrons. The van der Waals surface area contributed by atoms with Crippen LogP contribution in [-0.4, -0.2) is 142 Å². The van der Waals surface area contributed by atoms with Gasteiger partial charge in [0.1, 0.15) is 54.9 Å². The van der Waals surface area contributed by atoms with Crippen molar-refractivity contribution in [2.75, 3.05) is 33.0 Å². The Hall–Kier alpha value is -2.05. The number of carbonyl (C=O) groups excluding carboxylic acids is 1. The summed E-state index contributed by atoms with van der Waals surface area (Å²) in [7, 11) is 0. The van der Waals surface area contributed by atoms with Crippen LogP contribution in [0.15, 0.2) is 48.6 Å². The van der Waals surface area contributed by atoms with E-state index in [2.05, 4.69) is 62.5 Å². The highest BCUT2D eigenvalue weighted by Gasteiger charge is 2.47. The summed E-state index contributed by atoms with van der Waals surface area (Å²) in [5.74, 6) is -0.391. The molecule has 0 aromatic rings. The summed E-state index contributed by atoms with van der Waals surface area (Å²) in [5, 5.41) is 72.1. The van der Waals surface area contributed by atoms with Crippen molar-refractivity contribution in [3.05, 3.63) is 48.6 Å². The Labute approximate surface area is 397 Å². The van der Waals surface area contributed by atoms with Crippen LogP contribution in [0.2, 0.25) is 0 Å². The summed E-state index contributed by atoms with van der Waals surface area (Å²) < 4.78 is 34.2. The monoisotopic (exact) mass is 941 g/mol. The second-order valence-corrected chi connectivity index (χ2v) is 18.0. The van der Waals surface area contributed by atoms with E-state index in [1.165, 1.54) is 57.8 Å². The minimum atomic E-state index is -1.71. The smallest absolute Gasteiger partial charge is 0.306 e. The lowest BCUT2D eigenvalue weighted by atomic mass is 9.98. The van der Waals surface area contributed by atoms with Gasteiger partial charge < -0.3 is 64.2 Å². The van der Waals surface area contributed by atoms with E-state index in [-0.39, 0.29) is 19.6 Å². The van der Waals surface area contributed by atoms with Gasteiger partial charge in [0.15, 0.2) is 12.6 Å². The molecule has 11 unspecified atom stereocenters. The van der Waals surface area contributed by atoms with E-state index in [0.29, 0.717) is 13.0 Å². The minimum Gasteiger partial charge on any atom is -0.457 e. The fourth-order valence-electron chi connectivity index (χ4n) is 7.88. The molecule has 0 aliphatic carbocycles. The van der Waals surface area contributed by atoms with Gasteiger partial charge in [0.05, 0.1) is 26.4 Å². The number of allylic oxidation sites excluding steroid dienone is 8. The first-order chi connectivity index (χ1) is 32.1. The number of unbranched alkanes of at least 4 members (excludes halogenated alkanes) is 18. The Morgan fingerprint density at radius 3 is 1.56 bits per heavy atom. The van der Waals surface area contributed by atoms with Gasteiger partial charge in [-0.3, -0.25) is 4.79 Å². The molecular weight excluding hydrogens is 849 g/mol. The molecule has 0 aromatic heterocycles. The highest BCUT2D eigenvalue weighted by atomic mass is 16.7. The van der Waals surface area contributed by atoms with Crippen LogP contribution in [0.3, 0.4) is 0 Å². The van der Waals surface area contributed by atoms with Gasteiger partial charge in [0.2, 0.25) is 0 Å². The van der Waals surface area contributed by atoms with Crippen molar-refractivity contribution in [1.82, 2.24) is 0 Å². The zero-order valence-corrected chi connectivity index (χ0v) is 40.7. The summed E-state index contributed by atoms with van der Waals surface area (Å²) in [5.41, 5.74) is 0. The van der Waals surface area contributed by atoms with Gasteiger partial charge >= 0.3 is 5.97 Å². The van der Waals surface area contributed by atoms with Crippen LogP contribution in [-0.2, 0) is 33.2 Å². The molecule has 0 bridgehead atoms. The van der Waals surface area contributed by atoms with Gasteiger partial charge in [-0.15, -0.1) is 0 Å². The Morgan fingerprint density at radius 1 is 0.515 bits per heavy atom. The third kappa shape index (κ3) is 27.2. The van der Waals surface area contributed by atoms with Crippen LogP contribution >= 0.6 is 0 Å². The van der Waals surface area contributed by atoms with Crippen LogP contribution in [0, 0.1) is 0 Å². The van der Waals surface area contributed by atoms with Gasteiger partial charge in [-0.1, -0.05) is 146 Å². The normalized spacial score (nSPS) is 26.7. The van der Waals surface area contributed by atoms with Crippen molar-refractivity contribution >= 4 is 5.97 Å². The molecule has 2 aliphatic heterocycles. The van der Waals surface area contributed by atoms with Crippen molar-refractivity contribution in [1.29, 1.82) is 0 Å². The standard InChI is InChI=1S/C52H92O14/c1-3-5-7-9-11-13-15-17-19-21-23-25-27-29-31-33-35-44(54)64-41(38-61-36-34-32-30-28-26-24-22-20-18-16-14-12-10-8-6-4-2)39-62-51-50(60)48(58)46(56)43(66-51)40-63-52-49(59)47(57)45(55)42(37-53)65-52/h6,8,12,14,18-21,41-43,45-53,55-60H,3-5,7,9-11,13,15-17,22-40H2,1-2H3/b8-6-,14-12-,20-18-,21-19-. The van der Waals surface area contributed by atoms with Gasteiger partial charge in [-0.2, -0.15) is 0 Å². The molecule has 14 heteroatoms. The Kier molecular flexibility index (Phi) is 36.2. The summed E-state index contributed by atoms with van der Waals surface area (Å²) >= 11 is 0. The molecular formula is C52H92O14. The lowest BCUT2D eigenvalue weighted by Gasteiger charge is -2.42. The first kappa shape index (κ1) is 60.1. The molecule has 2 rings (SSSR count). The molecule has 7 N–H and O–H groups in total. The largest absolute Gasteiger partial charge is 0.457 e. The lowest BCUT2D eigenvalue weighted by molar-refractivity contribution is -0.332. The summed E-state index contributed by atoms with van der Waals surface area (Å²) in [6.45, 7) is 3.53. The fourth-order valence-corrected chi connectivity index (χ4v) is 7.88. The van der Waals surface area contributed by atoms with E-state index in [1.54, 1.807) is 0 Å². The van der Waals surface area contributed by atoms with E-state index < -0.39 is 86.7 Å². The zero-order chi connectivity index (χ0) is 48.0. The third-order valence-electron chi connectivity index (χ3n) is 12.1. The second kappa shape index (κ2) is 39.8. The minimum absolute atomic E-state index is 0.0484.